The molecule has 34 heavy (non-hydrogen) atoms. The molecule has 1 aliphatic rings. The summed E-state index contributed by atoms with van der Waals surface area (Å²) in [4.78, 5) is 27.2. The van der Waals surface area contributed by atoms with Gasteiger partial charge >= 0.3 is 0 Å². The topological polar surface area (TPSA) is 95.6 Å². The van der Waals surface area contributed by atoms with Crippen molar-refractivity contribution >= 4 is 27.5 Å². The molecule has 0 radical (unpaired) electrons. The van der Waals surface area contributed by atoms with Gasteiger partial charge < -0.3 is 10.2 Å². The number of nitrogens with zero attached hydrogens (tertiary/aromatic N) is 1. The molecule has 1 atom stereocenters. The van der Waals surface area contributed by atoms with Crippen molar-refractivity contribution in [3.63, 3.8) is 0 Å². The summed E-state index contributed by atoms with van der Waals surface area (Å²) in [6.45, 7) is 11.1. The molecule has 0 saturated carbocycles. The number of hydrogen-bond acceptors (Lipinski definition) is 4. The van der Waals surface area contributed by atoms with Gasteiger partial charge in [-0.05, 0) is 54.2 Å². The lowest BCUT2D eigenvalue weighted by molar-refractivity contribution is -0.126. The number of sulfonamides is 1. The average Bonchev–Trinajstić information content (AvgIpc) is 2.81. The Labute approximate surface area is 202 Å². The number of anilines is 1. The Balaban J connectivity index is 1.72. The number of likely N-dealkylation sites (tertiary alicyclic amines) is 1. The maximum atomic E-state index is 13.1. The molecule has 0 aromatic heterocycles. The largest absolute Gasteiger partial charge is 0.352 e. The number of benzene rings is 2. The molecule has 2 aromatic carbocycles. The van der Waals surface area contributed by atoms with Crippen LogP contribution in [-0.4, -0.2) is 44.8 Å². The van der Waals surface area contributed by atoms with E-state index >= 15 is 0 Å². The van der Waals surface area contributed by atoms with E-state index in [1.165, 1.54) is 6.07 Å². The number of carbonyl (C=O) groups excluding carboxylic acids is 2. The first-order valence-electron chi connectivity index (χ1n) is 11.4. The maximum absolute atomic E-state index is 13.1. The highest BCUT2D eigenvalue weighted by atomic mass is 32.2. The van der Waals surface area contributed by atoms with Crippen LogP contribution < -0.4 is 10.0 Å². The molecule has 0 aliphatic carbocycles. The summed E-state index contributed by atoms with van der Waals surface area (Å²) < 4.78 is 28.4. The van der Waals surface area contributed by atoms with E-state index in [1.54, 1.807) is 41.3 Å². The van der Waals surface area contributed by atoms with Crippen molar-refractivity contribution in [2.75, 3.05) is 24.4 Å². The van der Waals surface area contributed by atoms with E-state index in [9.17, 15) is 18.0 Å². The predicted molar refractivity (Wildman–Crippen MR) is 134 cm³/mol. The fourth-order valence-electron chi connectivity index (χ4n) is 3.94. The molecule has 2 N–H and O–H groups in total. The fraction of sp³-hybridized carbons (Fsp3) is 0.385. The summed E-state index contributed by atoms with van der Waals surface area (Å²) in [6, 6.07) is 13.2. The van der Waals surface area contributed by atoms with Crippen molar-refractivity contribution in [1.29, 1.82) is 0 Å². The Morgan fingerprint density at radius 1 is 1.15 bits per heavy atom. The summed E-state index contributed by atoms with van der Waals surface area (Å²) in [5.41, 5.74) is 1.64. The van der Waals surface area contributed by atoms with Crippen molar-refractivity contribution in [3.8, 4) is 0 Å². The van der Waals surface area contributed by atoms with Gasteiger partial charge in [0.1, 0.15) is 0 Å². The maximum Gasteiger partial charge on any atom is 0.261 e. The minimum atomic E-state index is -3.81. The SMILES string of the molecule is C=CCNC(=O)[C@H]1CCCN(C(=O)c2cccc(NS(=O)(=O)c3ccc(C(C)(C)C)cc3)c2)C1. The number of hydrogen-bond donors (Lipinski definition) is 2. The molecule has 1 saturated heterocycles. The second-order valence-electron chi connectivity index (χ2n) is 9.58. The number of amides is 2. The van der Waals surface area contributed by atoms with Crippen molar-refractivity contribution < 1.29 is 18.0 Å². The predicted octanol–water partition coefficient (Wildman–Crippen LogP) is 3.94. The Bertz CT molecular complexity index is 1150. The van der Waals surface area contributed by atoms with E-state index in [2.05, 4.69) is 37.4 Å². The number of rotatable bonds is 7. The Morgan fingerprint density at radius 3 is 2.50 bits per heavy atom. The summed E-state index contributed by atoms with van der Waals surface area (Å²) in [6.07, 6.45) is 3.07. The van der Waals surface area contributed by atoms with Crippen molar-refractivity contribution in [1.82, 2.24) is 10.2 Å². The highest BCUT2D eigenvalue weighted by molar-refractivity contribution is 7.92. The van der Waals surface area contributed by atoms with Gasteiger partial charge in [0.15, 0.2) is 0 Å². The summed E-state index contributed by atoms with van der Waals surface area (Å²) >= 11 is 0. The van der Waals surface area contributed by atoms with E-state index < -0.39 is 10.0 Å². The number of carbonyl (C=O) groups is 2. The van der Waals surface area contributed by atoms with E-state index in [4.69, 9.17) is 0 Å². The van der Waals surface area contributed by atoms with Gasteiger partial charge in [-0.25, -0.2) is 8.42 Å². The molecule has 1 fully saturated rings. The van der Waals surface area contributed by atoms with E-state index in [1.807, 2.05) is 12.1 Å². The minimum Gasteiger partial charge on any atom is -0.352 e. The van der Waals surface area contributed by atoms with Gasteiger partial charge in [0.2, 0.25) is 5.91 Å². The van der Waals surface area contributed by atoms with Crippen LogP contribution in [0.25, 0.3) is 0 Å². The van der Waals surface area contributed by atoms with Crippen LogP contribution in [0.15, 0.2) is 66.1 Å². The molecular weight excluding hydrogens is 450 g/mol. The number of nitrogens with one attached hydrogen (secondary N) is 2. The van der Waals surface area contributed by atoms with Gasteiger partial charge in [-0.3, -0.25) is 14.3 Å². The molecule has 8 heteroatoms. The van der Waals surface area contributed by atoms with Crippen LogP contribution in [-0.2, 0) is 20.2 Å². The molecule has 0 spiro atoms. The lowest BCUT2D eigenvalue weighted by Gasteiger charge is -2.32. The second-order valence-corrected chi connectivity index (χ2v) is 11.3. The normalized spacial score (nSPS) is 16.6. The molecule has 0 bridgehead atoms. The first-order chi connectivity index (χ1) is 16.0. The highest BCUT2D eigenvalue weighted by Gasteiger charge is 2.29. The first-order valence-corrected chi connectivity index (χ1v) is 12.9. The van der Waals surface area contributed by atoms with Crippen LogP contribution in [0.3, 0.4) is 0 Å². The zero-order valence-corrected chi connectivity index (χ0v) is 20.8. The lowest BCUT2D eigenvalue weighted by Crippen LogP contribution is -2.45. The van der Waals surface area contributed by atoms with Gasteiger partial charge in [0, 0.05) is 30.9 Å². The molecule has 3 rings (SSSR count). The molecule has 182 valence electrons. The molecule has 0 unspecified atom stereocenters. The van der Waals surface area contributed by atoms with Crippen molar-refractivity contribution in [2.24, 2.45) is 5.92 Å². The van der Waals surface area contributed by atoms with Crippen LogP contribution in [0.4, 0.5) is 5.69 Å². The van der Waals surface area contributed by atoms with Crippen LogP contribution in [0, 0.1) is 5.92 Å². The monoisotopic (exact) mass is 483 g/mol. The molecule has 7 nitrogen and oxygen atoms in total. The summed E-state index contributed by atoms with van der Waals surface area (Å²) in [5, 5.41) is 2.79. The second kappa shape index (κ2) is 10.4. The molecule has 2 amide bonds. The average molecular weight is 484 g/mol. The first kappa shape index (κ1) is 25.5. The molecule has 2 aromatic rings. The summed E-state index contributed by atoms with van der Waals surface area (Å²) in [7, 11) is -3.81. The van der Waals surface area contributed by atoms with E-state index in [-0.39, 0.29) is 28.0 Å². The smallest absolute Gasteiger partial charge is 0.261 e. The zero-order chi connectivity index (χ0) is 24.9. The fourth-order valence-corrected chi connectivity index (χ4v) is 4.99. The Morgan fingerprint density at radius 2 is 1.85 bits per heavy atom. The molecule has 1 aliphatic heterocycles. The third kappa shape index (κ3) is 6.26. The third-order valence-corrected chi connectivity index (χ3v) is 7.29. The molecular formula is C26H33N3O4S. The summed E-state index contributed by atoms with van der Waals surface area (Å²) in [5.74, 6) is -0.580. The van der Waals surface area contributed by atoms with Gasteiger partial charge in [0.25, 0.3) is 15.9 Å². The van der Waals surface area contributed by atoms with E-state index in [0.717, 1.165) is 18.4 Å². The Hall–Kier alpha value is -3.13. The quantitative estimate of drug-likeness (QED) is 0.583. The number of piperidine rings is 1. The Kier molecular flexibility index (Phi) is 7.82. The van der Waals surface area contributed by atoms with Gasteiger partial charge in [0.05, 0.1) is 10.8 Å². The van der Waals surface area contributed by atoms with Crippen LogP contribution in [0.5, 0.6) is 0 Å². The van der Waals surface area contributed by atoms with Gasteiger partial charge in [-0.1, -0.05) is 45.0 Å². The minimum absolute atomic E-state index is 0.0792. The third-order valence-electron chi connectivity index (χ3n) is 5.89. The van der Waals surface area contributed by atoms with Crippen LogP contribution in [0.1, 0.15) is 49.5 Å². The van der Waals surface area contributed by atoms with Crippen LogP contribution >= 0.6 is 0 Å². The van der Waals surface area contributed by atoms with Gasteiger partial charge in [-0.15, -0.1) is 6.58 Å². The lowest BCUT2D eigenvalue weighted by atomic mass is 9.87. The highest BCUT2D eigenvalue weighted by Crippen LogP contribution is 2.25. The van der Waals surface area contributed by atoms with E-state index in [0.29, 0.717) is 30.9 Å². The molecule has 1 heterocycles. The van der Waals surface area contributed by atoms with Crippen molar-refractivity contribution in [2.45, 2.75) is 43.9 Å². The van der Waals surface area contributed by atoms with Crippen molar-refractivity contribution in [3.05, 3.63) is 72.3 Å². The zero-order valence-electron chi connectivity index (χ0n) is 20.0. The standard InChI is InChI=1S/C26H33N3O4S/c1-5-15-27-24(30)20-9-7-16-29(18-20)25(31)19-8-6-10-22(17-19)28-34(32,33)23-13-11-21(12-14-23)26(2,3)4/h5-6,8,10-14,17,20,28H,1,7,9,15-16,18H2,2-4H3,(H,27,30)/t20-/m0/s1. The van der Waals surface area contributed by atoms with Gasteiger partial charge in [-0.2, -0.15) is 0 Å². The van der Waals surface area contributed by atoms with Crippen LogP contribution in [0.2, 0.25) is 0 Å².